The average Bonchev–Trinajstić information content (AvgIpc) is 2.90. The molecule has 0 aliphatic carbocycles. The van der Waals surface area contributed by atoms with E-state index >= 15 is 0 Å². The zero-order chi connectivity index (χ0) is 15.0. The normalized spacial score (nSPS) is 20.0. The lowest BCUT2D eigenvalue weighted by Crippen LogP contribution is -2.48. The first kappa shape index (κ1) is 14.5. The summed E-state index contributed by atoms with van der Waals surface area (Å²) in [5, 5.41) is -0.515. The predicted octanol–water partition coefficient (Wildman–Crippen LogP) is 1.46. The zero-order valence-corrected chi connectivity index (χ0v) is 13.4. The van der Waals surface area contributed by atoms with E-state index in [2.05, 4.69) is 9.97 Å². The Balaban J connectivity index is 2.02. The van der Waals surface area contributed by atoms with E-state index in [1.807, 2.05) is 17.0 Å². The number of nitrogens with one attached hydrogen (secondary N) is 1. The van der Waals surface area contributed by atoms with E-state index in [4.69, 9.17) is 5.73 Å². The molecule has 1 aliphatic heterocycles. The SMILES string of the molecule is CCS(=O)(=O)C1CSCCN1c1nc2ccc(N)cc2[nH]1. The molecule has 114 valence electrons. The molecular formula is C13H18N4O2S2. The van der Waals surface area contributed by atoms with Gasteiger partial charge >= 0.3 is 0 Å². The third-order valence-corrected chi connectivity index (χ3v) is 6.96. The van der Waals surface area contributed by atoms with Crippen molar-refractivity contribution >= 4 is 44.3 Å². The van der Waals surface area contributed by atoms with Crippen LogP contribution in [0.15, 0.2) is 18.2 Å². The first-order chi connectivity index (χ1) is 10.0. The van der Waals surface area contributed by atoms with Gasteiger partial charge in [-0.2, -0.15) is 11.8 Å². The summed E-state index contributed by atoms with van der Waals surface area (Å²) >= 11 is 1.67. The lowest BCUT2D eigenvalue weighted by Gasteiger charge is -2.34. The molecule has 0 amide bonds. The monoisotopic (exact) mass is 326 g/mol. The summed E-state index contributed by atoms with van der Waals surface area (Å²) in [6.45, 7) is 2.36. The van der Waals surface area contributed by atoms with Gasteiger partial charge < -0.3 is 15.6 Å². The van der Waals surface area contributed by atoms with E-state index < -0.39 is 15.2 Å². The maximum Gasteiger partial charge on any atom is 0.204 e. The van der Waals surface area contributed by atoms with Crippen molar-refractivity contribution in [1.29, 1.82) is 0 Å². The molecule has 2 aromatic rings. The minimum atomic E-state index is -3.14. The molecule has 2 heterocycles. The maximum absolute atomic E-state index is 12.3. The Morgan fingerprint density at radius 1 is 1.52 bits per heavy atom. The molecule has 1 atom stereocenters. The second-order valence-corrected chi connectivity index (χ2v) is 8.61. The number of rotatable bonds is 3. The van der Waals surface area contributed by atoms with Crippen LogP contribution < -0.4 is 10.6 Å². The predicted molar refractivity (Wildman–Crippen MR) is 88.4 cm³/mol. The van der Waals surface area contributed by atoms with E-state index in [-0.39, 0.29) is 5.75 Å². The maximum atomic E-state index is 12.3. The Bertz CT molecular complexity index is 757. The topological polar surface area (TPSA) is 92.1 Å². The van der Waals surface area contributed by atoms with Crippen LogP contribution in [-0.2, 0) is 9.84 Å². The highest BCUT2D eigenvalue weighted by atomic mass is 32.2. The van der Waals surface area contributed by atoms with Gasteiger partial charge in [-0.3, -0.25) is 0 Å². The molecule has 21 heavy (non-hydrogen) atoms. The number of benzene rings is 1. The number of fused-ring (bicyclic) bond motifs is 1. The summed E-state index contributed by atoms with van der Waals surface area (Å²) in [6, 6.07) is 5.44. The third kappa shape index (κ3) is 2.69. The summed E-state index contributed by atoms with van der Waals surface area (Å²) in [6.07, 6.45) is 0. The molecule has 0 saturated carbocycles. The van der Waals surface area contributed by atoms with E-state index in [1.165, 1.54) is 0 Å². The molecule has 6 nitrogen and oxygen atoms in total. The van der Waals surface area contributed by atoms with Crippen LogP contribution in [-0.4, -0.2) is 47.6 Å². The number of nitrogens with zero attached hydrogens (tertiary/aromatic N) is 2. The van der Waals surface area contributed by atoms with Gasteiger partial charge in [0, 0.05) is 29.5 Å². The number of thioether (sulfide) groups is 1. The molecule has 1 aliphatic rings. The lowest BCUT2D eigenvalue weighted by atomic mass is 10.3. The number of aromatic amines is 1. The summed E-state index contributed by atoms with van der Waals surface area (Å²) in [5.41, 5.74) is 8.05. The summed E-state index contributed by atoms with van der Waals surface area (Å²) < 4.78 is 24.6. The van der Waals surface area contributed by atoms with Gasteiger partial charge in [-0.25, -0.2) is 13.4 Å². The van der Waals surface area contributed by atoms with Crippen LogP contribution in [0.5, 0.6) is 0 Å². The largest absolute Gasteiger partial charge is 0.399 e. The van der Waals surface area contributed by atoms with E-state index in [9.17, 15) is 8.42 Å². The van der Waals surface area contributed by atoms with Crippen LogP contribution in [0.2, 0.25) is 0 Å². The van der Waals surface area contributed by atoms with Crippen LogP contribution in [0, 0.1) is 0 Å². The Labute approximate surface area is 128 Å². The van der Waals surface area contributed by atoms with Gasteiger partial charge in [-0.05, 0) is 18.2 Å². The molecule has 0 spiro atoms. The van der Waals surface area contributed by atoms with E-state index in [0.717, 1.165) is 16.8 Å². The summed E-state index contributed by atoms with van der Waals surface area (Å²) in [4.78, 5) is 9.58. The van der Waals surface area contributed by atoms with Crippen molar-refractivity contribution in [3.8, 4) is 0 Å². The number of anilines is 2. The Morgan fingerprint density at radius 3 is 3.10 bits per heavy atom. The lowest BCUT2D eigenvalue weighted by molar-refractivity contribution is 0.578. The highest BCUT2D eigenvalue weighted by Gasteiger charge is 2.34. The second kappa shape index (κ2) is 5.42. The Kier molecular flexibility index (Phi) is 3.75. The standard InChI is InChI=1S/C13H18N4O2S2/c1-2-21(18,19)12-8-20-6-5-17(12)13-15-10-4-3-9(14)7-11(10)16-13/h3-4,7,12H,2,5-6,8,14H2,1H3,(H,15,16). The summed E-state index contributed by atoms with van der Waals surface area (Å²) in [7, 11) is -3.14. The Morgan fingerprint density at radius 2 is 2.33 bits per heavy atom. The first-order valence-electron chi connectivity index (χ1n) is 6.82. The van der Waals surface area contributed by atoms with Crippen molar-refractivity contribution in [2.24, 2.45) is 0 Å². The molecule has 1 aromatic heterocycles. The van der Waals surface area contributed by atoms with Crippen molar-refractivity contribution in [2.45, 2.75) is 12.3 Å². The number of hydrogen-bond acceptors (Lipinski definition) is 6. The highest BCUT2D eigenvalue weighted by Crippen LogP contribution is 2.27. The number of nitrogens with two attached hydrogens (primary N) is 1. The van der Waals surface area contributed by atoms with Crippen molar-refractivity contribution in [1.82, 2.24) is 9.97 Å². The van der Waals surface area contributed by atoms with Crippen LogP contribution in [0.25, 0.3) is 11.0 Å². The number of sulfone groups is 1. The van der Waals surface area contributed by atoms with Crippen LogP contribution in [0.4, 0.5) is 11.6 Å². The van der Waals surface area contributed by atoms with Crippen LogP contribution in [0.3, 0.4) is 0 Å². The molecule has 1 fully saturated rings. The molecule has 3 rings (SSSR count). The molecule has 1 unspecified atom stereocenters. The molecule has 8 heteroatoms. The average molecular weight is 326 g/mol. The third-order valence-electron chi connectivity index (χ3n) is 3.67. The molecule has 3 N–H and O–H groups in total. The fourth-order valence-electron chi connectivity index (χ4n) is 2.46. The van der Waals surface area contributed by atoms with Crippen molar-refractivity contribution in [3.63, 3.8) is 0 Å². The quantitative estimate of drug-likeness (QED) is 0.830. The Hall–Kier alpha value is -1.41. The minimum absolute atomic E-state index is 0.141. The molecule has 0 bridgehead atoms. The number of hydrogen-bond donors (Lipinski definition) is 2. The minimum Gasteiger partial charge on any atom is -0.399 e. The highest BCUT2D eigenvalue weighted by molar-refractivity contribution is 8.01. The number of H-pyrrole nitrogens is 1. The number of imidazole rings is 1. The summed E-state index contributed by atoms with van der Waals surface area (Å²) in [5.74, 6) is 2.23. The fourth-order valence-corrected chi connectivity index (χ4v) is 5.43. The molecule has 1 aromatic carbocycles. The van der Waals surface area contributed by atoms with Crippen LogP contribution >= 0.6 is 11.8 Å². The molecule has 0 radical (unpaired) electrons. The van der Waals surface area contributed by atoms with Gasteiger partial charge in [0.15, 0.2) is 9.84 Å². The van der Waals surface area contributed by atoms with Crippen molar-refractivity contribution < 1.29 is 8.42 Å². The second-order valence-electron chi connectivity index (χ2n) is 5.01. The van der Waals surface area contributed by atoms with Crippen molar-refractivity contribution in [3.05, 3.63) is 18.2 Å². The van der Waals surface area contributed by atoms with Gasteiger partial charge in [-0.1, -0.05) is 6.92 Å². The van der Waals surface area contributed by atoms with Gasteiger partial charge in [0.2, 0.25) is 5.95 Å². The van der Waals surface area contributed by atoms with Gasteiger partial charge in [0.05, 0.1) is 11.0 Å². The van der Waals surface area contributed by atoms with Crippen LogP contribution in [0.1, 0.15) is 6.92 Å². The van der Waals surface area contributed by atoms with Gasteiger partial charge in [0.25, 0.3) is 0 Å². The smallest absolute Gasteiger partial charge is 0.204 e. The van der Waals surface area contributed by atoms with E-state index in [1.54, 1.807) is 24.8 Å². The number of nitrogen functional groups attached to an aromatic ring is 1. The molecule has 1 saturated heterocycles. The zero-order valence-electron chi connectivity index (χ0n) is 11.7. The van der Waals surface area contributed by atoms with Crippen molar-refractivity contribution in [2.75, 3.05) is 34.4 Å². The fraction of sp³-hybridized carbons (Fsp3) is 0.462. The number of aromatic nitrogens is 2. The van der Waals surface area contributed by atoms with E-state index in [0.29, 0.717) is 23.9 Å². The molecular weight excluding hydrogens is 308 g/mol. The van der Waals surface area contributed by atoms with Gasteiger partial charge in [-0.15, -0.1) is 0 Å². The first-order valence-corrected chi connectivity index (χ1v) is 9.69. The van der Waals surface area contributed by atoms with Gasteiger partial charge in [0.1, 0.15) is 5.37 Å².